The standard InChI is InChI=1S/C17H14N4O4/c1-20(2)17(22)13(10-18)9-12-3-6-15(7-4-12)25-16-8-5-14(11-19-16)21(23)24/h3-9,11H,1-2H3. The molecule has 1 aromatic carbocycles. The lowest BCUT2D eigenvalue weighted by Gasteiger charge is -2.08. The molecule has 0 aliphatic heterocycles. The first-order valence-electron chi connectivity index (χ1n) is 7.12. The Morgan fingerprint density at radius 1 is 1.28 bits per heavy atom. The van der Waals surface area contributed by atoms with Crippen molar-refractivity contribution in [2.24, 2.45) is 0 Å². The summed E-state index contributed by atoms with van der Waals surface area (Å²) in [6, 6.07) is 11.2. The lowest BCUT2D eigenvalue weighted by Crippen LogP contribution is -2.22. The lowest BCUT2D eigenvalue weighted by molar-refractivity contribution is -0.385. The number of carbonyl (C=O) groups is 1. The minimum atomic E-state index is -0.542. The summed E-state index contributed by atoms with van der Waals surface area (Å²) in [5, 5.41) is 19.7. The van der Waals surface area contributed by atoms with Crippen molar-refractivity contribution in [2.45, 2.75) is 0 Å². The highest BCUT2D eigenvalue weighted by Gasteiger charge is 2.11. The Morgan fingerprint density at radius 3 is 2.44 bits per heavy atom. The largest absolute Gasteiger partial charge is 0.439 e. The van der Waals surface area contributed by atoms with E-state index in [1.807, 2.05) is 6.07 Å². The van der Waals surface area contributed by atoms with Crippen LogP contribution in [0.15, 0.2) is 48.2 Å². The van der Waals surface area contributed by atoms with E-state index in [9.17, 15) is 14.9 Å². The van der Waals surface area contributed by atoms with Gasteiger partial charge in [-0.2, -0.15) is 5.26 Å². The number of nitrogens with zero attached hydrogens (tertiary/aromatic N) is 4. The second-order valence-corrected chi connectivity index (χ2v) is 5.15. The first-order chi connectivity index (χ1) is 11.9. The van der Waals surface area contributed by atoms with E-state index in [-0.39, 0.29) is 23.0 Å². The third-order valence-corrected chi connectivity index (χ3v) is 3.10. The Labute approximate surface area is 143 Å². The number of aromatic nitrogens is 1. The molecule has 0 bridgehead atoms. The van der Waals surface area contributed by atoms with Gasteiger partial charge in [0.2, 0.25) is 5.88 Å². The van der Waals surface area contributed by atoms with Crippen molar-refractivity contribution < 1.29 is 14.5 Å². The number of carbonyl (C=O) groups excluding carboxylic acids is 1. The third kappa shape index (κ3) is 4.62. The number of hydrogen-bond acceptors (Lipinski definition) is 6. The molecule has 2 aromatic rings. The van der Waals surface area contributed by atoms with Crippen LogP contribution in [0, 0.1) is 21.4 Å². The molecule has 0 aliphatic rings. The molecule has 126 valence electrons. The van der Waals surface area contributed by atoms with Gasteiger partial charge in [0.25, 0.3) is 11.6 Å². The summed E-state index contributed by atoms with van der Waals surface area (Å²) in [5.41, 5.74) is 0.564. The number of rotatable bonds is 5. The van der Waals surface area contributed by atoms with E-state index in [0.29, 0.717) is 11.3 Å². The highest BCUT2D eigenvalue weighted by atomic mass is 16.6. The Kier molecular flexibility index (Phi) is 5.43. The van der Waals surface area contributed by atoms with E-state index in [0.717, 1.165) is 6.20 Å². The number of amides is 1. The van der Waals surface area contributed by atoms with Crippen LogP contribution in [-0.4, -0.2) is 34.8 Å². The average Bonchev–Trinajstić information content (AvgIpc) is 2.61. The Balaban J connectivity index is 2.13. The maximum absolute atomic E-state index is 11.8. The molecule has 0 N–H and O–H groups in total. The number of nitro groups is 1. The van der Waals surface area contributed by atoms with Crippen LogP contribution in [0.4, 0.5) is 5.69 Å². The van der Waals surface area contributed by atoms with Crippen LogP contribution in [0.3, 0.4) is 0 Å². The van der Waals surface area contributed by atoms with Gasteiger partial charge in [-0.3, -0.25) is 14.9 Å². The van der Waals surface area contributed by atoms with Gasteiger partial charge >= 0.3 is 0 Å². The maximum atomic E-state index is 11.8. The van der Waals surface area contributed by atoms with Gasteiger partial charge in [0.05, 0.1) is 4.92 Å². The van der Waals surface area contributed by atoms with Gasteiger partial charge in [-0.15, -0.1) is 0 Å². The van der Waals surface area contributed by atoms with Crippen molar-refractivity contribution in [3.63, 3.8) is 0 Å². The molecule has 0 saturated carbocycles. The van der Waals surface area contributed by atoms with Gasteiger partial charge in [-0.25, -0.2) is 4.98 Å². The van der Waals surface area contributed by atoms with Crippen molar-refractivity contribution in [3.05, 3.63) is 63.8 Å². The predicted molar refractivity (Wildman–Crippen MR) is 89.7 cm³/mol. The first-order valence-corrected chi connectivity index (χ1v) is 7.12. The summed E-state index contributed by atoms with van der Waals surface area (Å²) in [5.74, 6) is 0.309. The van der Waals surface area contributed by atoms with Gasteiger partial charge < -0.3 is 9.64 Å². The summed E-state index contributed by atoms with van der Waals surface area (Å²) in [6.45, 7) is 0. The Hall–Kier alpha value is -3.73. The number of benzene rings is 1. The minimum absolute atomic E-state index is 0.0238. The van der Waals surface area contributed by atoms with Crippen LogP contribution in [0.1, 0.15) is 5.56 Å². The quantitative estimate of drug-likeness (QED) is 0.359. The number of likely N-dealkylation sites (N-methyl/N-ethyl adjacent to an activating group) is 1. The van der Waals surface area contributed by atoms with E-state index in [2.05, 4.69) is 4.98 Å². The van der Waals surface area contributed by atoms with Crippen molar-refractivity contribution in [3.8, 4) is 17.7 Å². The molecule has 2 rings (SSSR count). The fraction of sp³-hybridized carbons (Fsp3) is 0.118. The van der Waals surface area contributed by atoms with Gasteiger partial charge in [-0.1, -0.05) is 12.1 Å². The molecule has 25 heavy (non-hydrogen) atoms. The van der Waals surface area contributed by atoms with Crippen molar-refractivity contribution >= 4 is 17.7 Å². The first kappa shape index (κ1) is 17.6. The minimum Gasteiger partial charge on any atom is -0.439 e. The normalized spacial score (nSPS) is 10.7. The molecule has 0 unspecified atom stereocenters. The van der Waals surface area contributed by atoms with Crippen molar-refractivity contribution in [1.29, 1.82) is 5.26 Å². The summed E-state index contributed by atoms with van der Waals surface area (Å²) < 4.78 is 5.49. The monoisotopic (exact) mass is 338 g/mol. The summed E-state index contributed by atoms with van der Waals surface area (Å²) >= 11 is 0. The van der Waals surface area contributed by atoms with Crippen LogP contribution in [0.2, 0.25) is 0 Å². The van der Waals surface area contributed by atoms with Crippen LogP contribution in [-0.2, 0) is 4.79 Å². The molecule has 0 aliphatic carbocycles. The molecule has 0 spiro atoms. The van der Waals surface area contributed by atoms with E-state index < -0.39 is 4.92 Å². The zero-order chi connectivity index (χ0) is 18.4. The average molecular weight is 338 g/mol. The molecule has 8 nitrogen and oxygen atoms in total. The Bertz CT molecular complexity index is 850. The van der Waals surface area contributed by atoms with Crippen LogP contribution < -0.4 is 4.74 Å². The fourth-order valence-corrected chi connectivity index (χ4v) is 1.84. The third-order valence-electron chi connectivity index (χ3n) is 3.10. The molecule has 1 heterocycles. The fourth-order valence-electron chi connectivity index (χ4n) is 1.84. The summed E-state index contributed by atoms with van der Waals surface area (Å²) in [4.78, 5) is 27.0. The molecule has 0 saturated heterocycles. The summed E-state index contributed by atoms with van der Waals surface area (Å²) in [6.07, 6.45) is 2.59. The molecule has 1 amide bonds. The number of pyridine rings is 1. The summed E-state index contributed by atoms with van der Waals surface area (Å²) in [7, 11) is 3.14. The van der Waals surface area contributed by atoms with E-state index in [1.165, 1.54) is 23.1 Å². The number of nitriles is 1. The molecule has 0 radical (unpaired) electrons. The zero-order valence-electron chi connectivity index (χ0n) is 13.5. The SMILES string of the molecule is CN(C)C(=O)C(C#N)=Cc1ccc(Oc2ccc([N+](=O)[O-])cn2)cc1. The number of ether oxygens (including phenoxy) is 1. The van der Waals surface area contributed by atoms with Crippen LogP contribution >= 0.6 is 0 Å². The highest BCUT2D eigenvalue weighted by molar-refractivity contribution is 6.01. The van der Waals surface area contributed by atoms with E-state index in [4.69, 9.17) is 10.00 Å². The van der Waals surface area contributed by atoms with Gasteiger partial charge in [0, 0.05) is 26.2 Å². The highest BCUT2D eigenvalue weighted by Crippen LogP contribution is 2.22. The van der Waals surface area contributed by atoms with Crippen molar-refractivity contribution in [1.82, 2.24) is 9.88 Å². The molecule has 0 atom stereocenters. The number of hydrogen-bond donors (Lipinski definition) is 0. The molecule has 0 fully saturated rings. The van der Waals surface area contributed by atoms with E-state index >= 15 is 0 Å². The lowest BCUT2D eigenvalue weighted by atomic mass is 10.1. The van der Waals surface area contributed by atoms with Crippen LogP contribution in [0.25, 0.3) is 6.08 Å². The molecular formula is C17H14N4O4. The zero-order valence-corrected chi connectivity index (χ0v) is 13.5. The molecule has 1 aromatic heterocycles. The van der Waals surface area contributed by atoms with E-state index in [1.54, 1.807) is 38.4 Å². The van der Waals surface area contributed by atoms with Gasteiger partial charge in [0.1, 0.15) is 23.6 Å². The smallest absolute Gasteiger partial charge is 0.287 e. The van der Waals surface area contributed by atoms with Crippen LogP contribution in [0.5, 0.6) is 11.6 Å². The topological polar surface area (TPSA) is 109 Å². The molecular weight excluding hydrogens is 324 g/mol. The van der Waals surface area contributed by atoms with Crippen molar-refractivity contribution in [2.75, 3.05) is 14.1 Å². The van der Waals surface area contributed by atoms with Gasteiger partial charge in [0.15, 0.2) is 0 Å². The predicted octanol–water partition coefficient (Wildman–Crippen LogP) is 2.78. The second-order valence-electron chi connectivity index (χ2n) is 5.15. The van der Waals surface area contributed by atoms with Gasteiger partial charge in [-0.05, 0) is 23.8 Å². The molecule has 8 heteroatoms. The maximum Gasteiger partial charge on any atom is 0.287 e. The Morgan fingerprint density at radius 2 is 1.96 bits per heavy atom. The second kappa shape index (κ2) is 7.70.